The van der Waals surface area contributed by atoms with E-state index >= 15 is 0 Å². The van der Waals surface area contributed by atoms with Crippen LogP contribution < -0.4 is 0 Å². The van der Waals surface area contributed by atoms with Gasteiger partial charge in [-0.05, 0) is 31.0 Å². The summed E-state index contributed by atoms with van der Waals surface area (Å²) in [4.78, 5) is 23.7. The topological polar surface area (TPSA) is 107 Å². The van der Waals surface area contributed by atoms with Crippen LogP contribution >= 0.6 is 0 Å². The van der Waals surface area contributed by atoms with Crippen molar-refractivity contribution in [1.82, 2.24) is 0 Å². The van der Waals surface area contributed by atoms with Gasteiger partial charge in [0, 0.05) is 0 Å². The molecule has 0 fully saturated rings. The van der Waals surface area contributed by atoms with Crippen molar-refractivity contribution in [2.75, 3.05) is 13.2 Å². The quantitative estimate of drug-likeness (QED) is 0.205. The molecular weight excluding hydrogens is 498 g/mol. The Morgan fingerprint density at radius 3 is 1.59 bits per heavy atom. The zero-order chi connectivity index (χ0) is 19.6. The molecule has 9 heteroatoms. The molecule has 0 aliphatic heterocycles. The number of hydrogen-bond acceptors (Lipinski definition) is 6. The maximum absolute atomic E-state index is 12.1. The molecule has 1 aromatic rings. The van der Waals surface area contributed by atoms with Crippen LogP contribution in [0.15, 0.2) is 23.1 Å². The molecule has 0 aromatic heterocycles. The normalized spacial score (nSPS) is 10.8. The van der Waals surface area contributed by atoms with Gasteiger partial charge in [0.25, 0.3) is 10.1 Å². The minimum atomic E-state index is -4.59. The van der Waals surface area contributed by atoms with Crippen molar-refractivity contribution in [1.29, 1.82) is 0 Å². The van der Waals surface area contributed by atoms with Crippen LogP contribution in [-0.4, -0.2) is 87.0 Å². The molecule has 0 spiro atoms. The SMILES string of the molecule is CCCCCOC(=O)c1cc(C(=O)OCCCCC)cc(S(=O)(=O)O)c1.[BaH2]. The average molecular weight is 526 g/mol. The monoisotopic (exact) mass is 526 g/mol. The first-order chi connectivity index (χ1) is 12.3. The molecule has 150 valence electrons. The third kappa shape index (κ3) is 10.1. The van der Waals surface area contributed by atoms with Gasteiger partial charge in [0.2, 0.25) is 0 Å². The Kier molecular flexibility index (Phi) is 13.6. The molecule has 0 unspecified atom stereocenters. The number of carbonyl (C=O) groups excluding carboxylic acids is 2. The summed E-state index contributed by atoms with van der Waals surface area (Å²) in [6, 6.07) is 3.16. The number of unbranched alkanes of at least 4 members (excludes halogenated alkanes) is 4. The third-order valence-electron chi connectivity index (χ3n) is 3.64. The van der Waals surface area contributed by atoms with Crippen molar-refractivity contribution in [2.24, 2.45) is 0 Å². The molecule has 27 heavy (non-hydrogen) atoms. The van der Waals surface area contributed by atoms with Crippen LogP contribution in [0.3, 0.4) is 0 Å². The molecular formula is C18H28BaO7S. The van der Waals surface area contributed by atoms with E-state index in [2.05, 4.69) is 0 Å². The summed E-state index contributed by atoms with van der Waals surface area (Å²) < 4.78 is 42.3. The molecule has 0 radical (unpaired) electrons. The first-order valence-electron chi connectivity index (χ1n) is 8.76. The fourth-order valence-electron chi connectivity index (χ4n) is 2.18. The first kappa shape index (κ1) is 26.6. The van der Waals surface area contributed by atoms with Gasteiger partial charge in [0.05, 0.1) is 29.2 Å². The van der Waals surface area contributed by atoms with Gasteiger partial charge in [0.15, 0.2) is 0 Å². The van der Waals surface area contributed by atoms with Crippen LogP contribution in [0.25, 0.3) is 0 Å². The fraction of sp³-hybridized carbons (Fsp3) is 0.556. The molecule has 0 heterocycles. The summed E-state index contributed by atoms with van der Waals surface area (Å²) >= 11 is 0. The molecule has 0 saturated heterocycles. The maximum atomic E-state index is 12.1. The number of hydrogen-bond donors (Lipinski definition) is 1. The summed E-state index contributed by atoms with van der Waals surface area (Å²) in [5, 5.41) is 0. The van der Waals surface area contributed by atoms with E-state index in [0.29, 0.717) is 12.8 Å². The molecule has 1 aromatic carbocycles. The molecule has 0 bridgehead atoms. The van der Waals surface area contributed by atoms with Gasteiger partial charge in [-0.15, -0.1) is 0 Å². The number of benzene rings is 1. The van der Waals surface area contributed by atoms with E-state index in [-0.39, 0.29) is 73.2 Å². The fourth-order valence-corrected chi connectivity index (χ4v) is 2.74. The summed E-state index contributed by atoms with van der Waals surface area (Å²) in [5.41, 5.74) is -0.255. The van der Waals surface area contributed by atoms with E-state index in [4.69, 9.17) is 9.47 Å². The molecule has 7 nitrogen and oxygen atoms in total. The number of carbonyl (C=O) groups is 2. The van der Waals surface area contributed by atoms with Gasteiger partial charge in [0.1, 0.15) is 0 Å². The van der Waals surface area contributed by atoms with Gasteiger partial charge in [-0.2, -0.15) is 8.42 Å². The van der Waals surface area contributed by atoms with Crippen molar-refractivity contribution >= 4 is 70.9 Å². The molecule has 0 aliphatic carbocycles. The molecule has 0 atom stereocenters. The Balaban J connectivity index is 0.00000676. The van der Waals surface area contributed by atoms with Crippen LogP contribution in [0.4, 0.5) is 0 Å². The van der Waals surface area contributed by atoms with E-state index in [1.54, 1.807) is 0 Å². The van der Waals surface area contributed by atoms with Gasteiger partial charge in [-0.3, -0.25) is 4.55 Å². The molecule has 0 amide bonds. The Morgan fingerprint density at radius 1 is 0.852 bits per heavy atom. The predicted octanol–water partition coefficient (Wildman–Crippen LogP) is 2.71. The summed E-state index contributed by atoms with van der Waals surface area (Å²) in [7, 11) is -4.59. The number of rotatable bonds is 11. The summed E-state index contributed by atoms with van der Waals surface area (Å²) in [6.07, 6.45) is 5.09. The van der Waals surface area contributed by atoms with Gasteiger partial charge in [-0.1, -0.05) is 39.5 Å². The third-order valence-corrected chi connectivity index (χ3v) is 4.47. The van der Waals surface area contributed by atoms with Crippen LogP contribution in [0.1, 0.15) is 73.1 Å². The van der Waals surface area contributed by atoms with E-state index < -0.39 is 27.0 Å². The van der Waals surface area contributed by atoms with Crippen LogP contribution in [0.2, 0.25) is 0 Å². The van der Waals surface area contributed by atoms with E-state index in [0.717, 1.165) is 37.8 Å². The Hall–Kier alpha value is -0.359. The van der Waals surface area contributed by atoms with E-state index in [1.165, 1.54) is 6.07 Å². The van der Waals surface area contributed by atoms with Gasteiger partial charge in [-0.25, -0.2) is 9.59 Å². The number of esters is 2. The predicted molar refractivity (Wildman–Crippen MR) is 104 cm³/mol. The summed E-state index contributed by atoms with van der Waals surface area (Å²) in [5.74, 6) is -1.52. The number of ether oxygens (including phenoxy) is 2. The summed E-state index contributed by atoms with van der Waals surface area (Å²) in [6.45, 7) is 4.41. The zero-order valence-electron chi connectivity index (χ0n) is 15.2. The van der Waals surface area contributed by atoms with Crippen molar-refractivity contribution in [3.05, 3.63) is 29.3 Å². The van der Waals surface area contributed by atoms with Crippen molar-refractivity contribution < 1.29 is 32.0 Å². The first-order valence-corrected chi connectivity index (χ1v) is 10.2. The second kappa shape index (κ2) is 13.8. The second-order valence-corrected chi connectivity index (χ2v) is 7.33. The van der Waals surface area contributed by atoms with Crippen LogP contribution in [0, 0.1) is 0 Å². The van der Waals surface area contributed by atoms with Crippen molar-refractivity contribution in [3.8, 4) is 0 Å². The average Bonchev–Trinajstić information content (AvgIpc) is 2.61. The van der Waals surface area contributed by atoms with Crippen LogP contribution in [-0.2, 0) is 19.6 Å². The standard InChI is InChI=1S/C18H26O7S.Ba.2H/c1-3-5-7-9-24-17(19)14-11-15(13-16(12-14)26(21,22)23)18(20)25-10-8-6-4-2;;;/h11-13H,3-10H2,1-2H3,(H,21,22,23);;;. The van der Waals surface area contributed by atoms with Crippen molar-refractivity contribution in [2.45, 2.75) is 57.3 Å². The molecule has 0 aliphatic rings. The molecule has 1 rings (SSSR count). The van der Waals surface area contributed by atoms with E-state index in [1.807, 2.05) is 13.8 Å². The Morgan fingerprint density at radius 2 is 1.26 bits per heavy atom. The minimum absolute atomic E-state index is 0. The van der Waals surface area contributed by atoms with Crippen molar-refractivity contribution in [3.63, 3.8) is 0 Å². The molecule has 1 N–H and O–H groups in total. The Labute approximate surface area is 201 Å². The van der Waals surface area contributed by atoms with Gasteiger partial charge < -0.3 is 9.47 Å². The van der Waals surface area contributed by atoms with Crippen LogP contribution in [0.5, 0.6) is 0 Å². The second-order valence-electron chi connectivity index (χ2n) is 5.91. The molecule has 0 saturated carbocycles. The Bertz CT molecular complexity index is 674. The van der Waals surface area contributed by atoms with E-state index in [9.17, 15) is 22.6 Å². The van der Waals surface area contributed by atoms with Gasteiger partial charge >= 0.3 is 60.8 Å². The zero-order valence-corrected chi connectivity index (χ0v) is 16.0.